The number of para-hydroxylation sites is 1. The molecule has 372 valence electrons. The molecule has 4 aliphatic rings. The molecule has 8 rings (SSSR count). The number of hydroxylamine groups is 2. The maximum Gasteiger partial charge on any atom is 0.407 e. The first kappa shape index (κ1) is 51.4. The molecule has 0 spiro atoms. The van der Waals surface area contributed by atoms with Crippen LogP contribution in [0.4, 0.5) is 10.5 Å². The molecule has 69 heavy (non-hydrogen) atoms. The quantitative estimate of drug-likeness (QED) is 0.0613. The van der Waals surface area contributed by atoms with Gasteiger partial charge in [0.15, 0.2) is 0 Å². The lowest BCUT2D eigenvalue weighted by Crippen LogP contribution is -2.62. The van der Waals surface area contributed by atoms with Crippen LogP contribution in [0.1, 0.15) is 80.4 Å². The molecule has 1 saturated heterocycles. The van der Waals surface area contributed by atoms with Crippen molar-refractivity contribution in [2.45, 2.75) is 103 Å². The number of alkyl carbamates (subject to hydrolysis) is 1. The molecule has 0 radical (unpaired) electrons. The molecule has 3 aliphatic carbocycles. The summed E-state index contributed by atoms with van der Waals surface area (Å²) in [5.74, 6) is 0.762. The number of carbonyl (C=O) groups excluding carboxylic acids is 3. The third-order valence-electron chi connectivity index (χ3n) is 15.2. The molecule has 4 aromatic carbocycles. The number of hydrogen-bond donors (Lipinski definition) is 4. The van der Waals surface area contributed by atoms with Crippen molar-refractivity contribution in [3.63, 3.8) is 0 Å². The van der Waals surface area contributed by atoms with E-state index in [-0.39, 0.29) is 41.8 Å². The van der Waals surface area contributed by atoms with Gasteiger partial charge in [0.25, 0.3) is 5.91 Å². The lowest BCUT2D eigenvalue weighted by atomic mass is 9.45. The number of nitrogens with one attached hydrogen (secondary N) is 3. The molecule has 4 fully saturated rings. The largest absolute Gasteiger partial charge is 0.496 e. The Bertz CT molecular complexity index is 2340. The summed E-state index contributed by atoms with van der Waals surface area (Å²) in [6.07, 6.45) is 3.15. The van der Waals surface area contributed by atoms with Crippen molar-refractivity contribution < 1.29 is 33.8 Å². The number of aliphatic hydroxyl groups is 1. The van der Waals surface area contributed by atoms with Gasteiger partial charge in [-0.2, -0.15) is 5.06 Å². The second kappa shape index (κ2) is 23.0. The van der Waals surface area contributed by atoms with E-state index >= 15 is 0 Å². The summed E-state index contributed by atoms with van der Waals surface area (Å²) in [6.45, 7) is 9.53. The molecule has 1 heterocycles. The van der Waals surface area contributed by atoms with Gasteiger partial charge in [0.05, 0.1) is 26.2 Å². The SMILES string of the molecule is COc1c(CN2O[C@@H](CO)[C@@H]([C@H](C)OC(=O)NCCCCc3ccccc3)[C@H]2C(=O)N[C@H]2C[C@H]3C[C@@H]([C@@H]2C)C3(C)C)cccc1-c1cc(C(=O)N[C@@H](Cc2ccccc2)CN(C)C)cc(N(C)C)c1. The minimum Gasteiger partial charge on any atom is -0.496 e. The summed E-state index contributed by atoms with van der Waals surface area (Å²) in [5.41, 5.74) is 6.25. The Balaban J connectivity index is 1.13. The van der Waals surface area contributed by atoms with E-state index in [0.717, 1.165) is 53.6 Å². The Labute approximate surface area is 410 Å². The van der Waals surface area contributed by atoms with Gasteiger partial charge in [-0.3, -0.25) is 14.4 Å². The van der Waals surface area contributed by atoms with Gasteiger partial charge in [0.2, 0.25) is 5.91 Å². The van der Waals surface area contributed by atoms with Crippen molar-refractivity contribution in [3.05, 3.63) is 119 Å². The molecule has 13 heteroatoms. The maximum atomic E-state index is 14.9. The first-order valence-corrected chi connectivity index (χ1v) is 24.9. The number of anilines is 1. The number of likely N-dealkylation sites (N-methyl/N-ethyl adjacent to an activating group) is 1. The fourth-order valence-electron chi connectivity index (χ4n) is 11.3. The smallest absolute Gasteiger partial charge is 0.407 e. The summed E-state index contributed by atoms with van der Waals surface area (Å²) in [6, 6.07) is 31.0. The van der Waals surface area contributed by atoms with Crippen LogP contribution in [-0.4, -0.2) is 118 Å². The van der Waals surface area contributed by atoms with Crippen LogP contribution < -0.4 is 25.6 Å². The third kappa shape index (κ3) is 12.3. The van der Waals surface area contributed by atoms with Crippen LogP contribution >= 0.6 is 0 Å². The Morgan fingerprint density at radius 1 is 0.913 bits per heavy atom. The molecule has 0 aromatic heterocycles. The number of aliphatic hydroxyl groups excluding tert-OH is 1. The van der Waals surface area contributed by atoms with E-state index in [0.29, 0.717) is 42.7 Å². The molecule has 0 unspecified atom stereocenters. The standard InChI is InChI=1S/C56H76N6O7/c1-36-47-31-43(56(47,3)4)32-48(36)59-54(65)51-50(37(2)68-55(66)57-26-17-16-21-38-19-12-10-13-20-38)49(35-63)69-62(51)33-40-24-18-25-46(52(40)67-9)41-28-42(30-45(29-41)61(7)8)53(64)58-44(34-60(5)6)27-39-22-14-11-15-23-39/h10-15,18-20,22-25,28-30,36-37,43-44,47-51,63H,16-17,21,26-27,31-35H2,1-9H3,(H,57,66)(H,58,64)(H,59,65)/t36-,37-,43+,44-,47-,48-,49-,50+,51-/m0/s1. The van der Waals surface area contributed by atoms with E-state index < -0.39 is 36.9 Å². The topological polar surface area (TPSA) is 145 Å². The second-order valence-electron chi connectivity index (χ2n) is 20.8. The van der Waals surface area contributed by atoms with Gasteiger partial charge in [0.1, 0.15) is 24.0 Å². The van der Waals surface area contributed by atoms with Crippen molar-refractivity contribution in [1.29, 1.82) is 0 Å². The lowest BCUT2D eigenvalue weighted by Gasteiger charge is -2.62. The lowest BCUT2D eigenvalue weighted by molar-refractivity contribution is -0.183. The predicted octanol–water partition coefficient (Wildman–Crippen LogP) is 7.75. The molecule has 3 amide bonds. The maximum absolute atomic E-state index is 14.9. The highest BCUT2D eigenvalue weighted by atomic mass is 16.7. The van der Waals surface area contributed by atoms with Gasteiger partial charge in [-0.05, 0) is 118 Å². The van der Waals surface area contributed by atoms with Crippen LogP contribution in [0, 0.1) is 29.1 Å². The molecular weight excluding hydrogens is 869 g/mol. The fraction of sp³-hybridized carbons (Fsp3) is 0.518. The van der Waals surface area contributed by atoms with Gasteiger partial charge >= 0.3 is 6.09 Å². The van der Waals surface area contributed by atoms with Crippen molar-refractivity contribution >= 4 is 23.6 Å². The normalized spacial score (nSPS) is 23.6. The second-order valence-corrected chi connectivity index (χ2v) is 20.8. The number of unbranched alkanes of at least 4 members (excludes halogenated alkanes) is 1. The summed E-state index contributed by atoms with van der Waals surface area (Å²) in [7, 11) is 9.51. The Kier molecular flexibility index (Phi) is 17.1. The number of benzene rings is 4. The van der Waals surface area contributed by atoms with Crippen molar-refractivity contribution in [2.24, 2.45) is 29.1 Å². The first-order chi connectivity index (χ1) is 33.1. The van der Waals surface area contributed by atoms with Gasteiger partial charge < -0.3 is 40.3 Å². The van der Waals surface area contributed by atoms with Crippen LogP contribution in [0.15, 0.2) is 97.1 Å². The van der Waals surface area contributed by atoms with Crippen LogP contribution in [0.5, 0.6) is 5.75 Å². The monoisotopic (exact) mass is 945 g/mol. The van der Waals surface area contributed by atoms with Crippen LogP contribution in [0.2, 0.25) is 0 Å². The molecule has 4 N–H and O–H groups in total. The number of nitrogens with zero attached hydrogens (tertiary/aromatic N) is 3. The van der Waals surface area contributed by atoms with E-state index in [4.69, 9.17) is 14.3 Å². The van der Waals surface area contributed by atoms with Gasteiger partial charge in [-0.1, -0.05) is 99.6 Å². The number of ether oxygens (including phenoxy) is 2. The number of aryl methyl sites for hydroxylation is 1. The Morgan fingerprint density at radius 2 is 1.62 bits per heavy atom. The molecule has 13 nitrogen and oxygen atoms in total. The first-order valence-electron chi connectivity index (χ1n) is 24.9. The number of rotatable bonds is 21. The van der Waals surface area contributed by atoms with E-state index in [9.17, 15) is 19.5 Å². The van der Waals surface area contributed by atoms with Crippen molar-refractivity contribution in [2.75, 3.05) is 59.9 Å². The average molecular weight is 945 g/mol. The molecule has 9 atom stereocenters. The highest BCUT2D eigenvalue weighted by Crippen LogP contribution is 2.61. The van der Waals surface area contributed by atoms with Crippen LogP contribution in [0.3, 0.4) is 0 Å². The number of hydrogen-bond acceptors (Lipinski definition) is 10. The zero-order valence-corrected chi connectivity index (χ0v) is 42.2. The van der Waals surface area contributed by atoms with E-state index in [2.05, 4.69) is 65.9 Å². The molecule has 3 saturated carbocycles. The average Bonchev–Trinajstić information content (AvgIpc) is 3.70. The van der Waals surface area contributed by atoms with E-state index in [1.807, 2.05) is 106 Å². The number of methoxy groups -OCH3 is 1. The summed E-state index contributed by atoms with van der Waals surface area (Å²) >= 11 is 0. The highest BCUT2D eigenvalue weighted by molar-refractivity contribution is 5.97. The number of fused-ring (bicyclic) bond motifs is 2. The fourth-order valence-corrected chi connectivity index (χ4v) is 11.3. The molecule has 4 aromatic rings. The highest BCUT2D eigenvalue weighted by Gasteiger charge is 2.57. The van der Waals surface area contributed by atoms with Gasteiger partial charge in [-0.25, -0.2) is 4.79 Å². The van der Waals surface area contributed by atoms with E-state index in [1.165, 1.54) is 12.0 Å². The molecule has 1 aliphatic heterocycles. The minimum atomic E-state index is -0.916. The number of amides is 3. The third-order valence-corrected chi connectivity index (χ3v) is 15.2. The van der Waals surface area contributed by atoms with Crippen molar-refractivity contribution in [1.82, 2.24) is 25.9 Å². The summed E-state index contributed by atoms with van der Waals surface area (Å²) < 4.78 is 12.2. The van der Waals surface area contributed by atoms with Crippen molar-refractivity contribution in [3.8, 4) is 16.9 Å². The predicted molar refractivity (Wildman–Crippen MR) is 272 cm³/mol. The molecular formula is C56H76N6O7. The summed E-state index contributed by atoms with van der Waals surface area (Å²) in [4.78, 5) is 53.0. The van der Waals surface area contributed by atoms with E-state index in [1.54, 1.807) is 19.1 Å². The van der Waals surface area contributed by atoms with Crippen LogP contribution in [0.25, 0.3) is 11.1 Å². The van der Waals surface area contributed by atoms with Gasteiger partial charge in [0, 0.05) is 61.6 Å². The summed E-state index contributed by atoms with van der Waals surface area (Å²) in [5, 5.41) is 22.1. The number of carbonyl (C=O) groups is 3. The zero-order chi connectivity index (χ0) is 49.4. The Hall–Kier alpha value is -5.47. The molecule has 2 bridgehead atoms. The van der Waals surface area contributed by atoms with Gasteiger partial charge in [-0.15, -0.1) is 0 Å². The zero-order valence-electron chi connectivity index (χ0n) is 42.2. The minimum absolute atomic E-state index is 0.0231. The van der Waals surface area contributed by atoms with Crippen LogP contribution in [-0.2, 0) is 33.8 Å². The Morgan fingerprint density at radius 3 is 2.26 bits per heavy atom.